The predicted molar refractivity (Wildman–Crippen MR) is 68.6 cm³/mol. The molecule has 6 heteroatoms. The second-order valence-corrected chi connectivity index (χ2v) is 9.93. The summed E-state index contributed by atoms with van der Waals surface area (Å²) in [5, 5.41) is 0. The lowest BCUT2D eigenvalue weighted by atomic mass is 10.0. The normalized spacial score (nSPS) is 21.1. The molecular formula is C10H24O4P2. The van der Waals surface area contributed by atoms with Gasteiger partial charge in [0.2, 0.25) is 14.7 Å². The summed E-state index contributed by atoms with van der Waals surface area (Å²) in [7, 11) is -6.83. The van der Waals surface area contributed by atoms with Crippen LogP contribution in [0.4, 0.5) is 0 Å². The molecule has 0 aromatic carbocycles. The first-order valence-corrected chi connectivity index (χ1v) is 10.1. The van der Waals surface area contributed by atoms with Crippen molar-refractivity contribution in [1.82, 2.24) is 0 Å². The number of hydrogen-bond acceptors (Lipinski definition) is 2. The Morgan fingerprint density at radius 2 is 1.75 bits per heavy atom. The lowest BCUT2D eigenvalue weighted by Crippen LogP contribution is -2.08. The summed E-state index contributed by atoms with van der Waals surface area (Å²) >= 11 is 0. The Kier molecular flexibility index (Phi) is 7.12. The van der Waals surface area contributed by atoms with Crippen molar-refractivity contribution >= 4 is 14.7 Å². The van der Waals surface area contributed by atoms with Crippen LogP contribution >= 0.6 is 14.7 Å². The minimum absolute atomic E-state index is 0.182. The van der Waals surface area contributed by atoms with Gasteiger partial charge in [-0.15, -0.1) is 0 Å². The molecular weight excluding hydrogens is 246 g/mol. The Morgan fingerprint density at radius 1 is 1.19 bits per heavy atom. The average Bonchev–Trinajstić information content (AvgIpc) is 2.07. The molecule has 0 aromatic rings. The number of rotatable bonds is 8. The van der Waals surface area contributed by atoms with Gasteiger partial charge < -0.3 is 9.79 Å². The van der Waals surface area contributed by atoms with Crippen molar-refractivity contribution < 1.29 is 18.9 Å². The summed E-state index contributed by atoms with van der Waals surface area (Å²) in [5.74, 6) is -0.245. The first-order chi connectivity index (χ1) is 7.20. The van der Waals surface area contributed by atoms with E-state index in [1.54, 1.807) is 0 Å². The predicted octanol–water partition coefficient (Wildman–Crippen LogP) is 3.33. The topological polar surface area (TPSA) is 74.6 Å². The van der Waals surface area contributed by atoms with Crippen molar-refractivity contribution in [3.8, 4) is 0 Å². The minimum atomic E-state index is -3.44. The second kappa shape index (κ2) is 6.96. The van der Waals surface area contributed by atoms with Crippen LogP contribution in [0.3, 0.4) is 0 Å². The molecule has 0 rings (SSSR count). The van der Waals surface area contributed by atoms with E-state index in [4.69, 9.17) is 4.89 Å². The Balaban J connectivity index is 4.31. The van der Waals surface area contributed by atoms with E-state index in [2.05, 4.69) is 6.92 Å². The molecule has 2 N–H and O–H groups in total. The molecule has 0 aliphatic heterocycles. The Hall–Kier alpha value is 0.380. The van der Waals surface area contributed by atoms with Crippen LogP contribution in [0.25, 0.3) is 0 Å². The Bertz CT molecular complexity index is 285. The molecule has 0 saturated carbocycles. The SMILES string of the molecule is CCCCC(CC)CP(=O)(O)CP(C)(=O)O. The van der Waals surface area contributed by atoms with Crippen molar-refractivity contribution in [1.29, 1.82) is 0 Å². The summed E-state index contributed by atoms with van der Waals surface area (Å²) in [5.41, 5.74) is 0. The summed E-state index contributed by atoms with van der Waals surface area (Å²) < 4.78 is 22.9. The molecule has 0 aromatic heterocycles. The molecule has 0 heterocycles. The lowest BCUT2D eigenvalue weighted by molar-refractivity contribution is 0.437. The van der Waals surface area contributed by atoms with Gasteiger partial charge >= 0.3 is 0 Å². The fourth-order valence-corrected chi connectivity index (χ4v) is 6.78. The fourth-order valence-electron chi connectivity index (χ4n) is 1.79. The highest BCUT2D eigenvalue weighted by molar-refractivity contribution is 7.74. The molecule has 4 nitrogen and oxygen atoms in total. The summed E-state index contributed by atoms with van der Waals surface area (Å²) in [6.07, 6.45) is 4.07. The molecule has 16 heavy (non-hydrogen) atoms. The average molecular weight is 270 g/mol. The molecule has 98 valence electrons. The molecule has 0 bridgehead atoms. The van der Waals surface area contributed by atoms with E-state index in [9.17, 15) is 14.0 Å². The van der Waals surface area contributed by atoms with E-state index in [0.29, 0.717) is 0 Å². The standard InChI is InChI=1S/C10H24O4P2/c1-4-6-7-10(5-2)8-16(13,14)9-15(3,11)12/h10H,4-9H2,1-3H3,(H,11,12)(H,13,14). The van der Waals surface area contributed by atoms with Gasteiger partial charge in [-0.3, -0.25) is 9.13 Å². The van der Waals surface area contributed by atoms with Crippen molar-refractivity contribution in [3.05, 3.63) is 0 Å². The second-order valence-electron chi connectivity index (χ2n) is 4.64. The van der Waals surface area contributed by atoms with Crippen LogP contribution < -0.4 is 0 Å². The van der Waals surface area contributed by atoms with Gasteiger partial charge in [-0.25, -0.2) is 0 Å². The van der Waals surface area contributed by atoms with Gasteiger partial charge in [0, 0.05) is 12.8 Å². The van der Waals surface area contributed by atoms with E-state index in [-0.39, 0.29) is 12.1 Å². The third-order valence-electron chi connectivity index (χ3n) is 2.57. The van der Waals surface area contributed by atoms with Crippen LogP contribution in [-0.2, 0) is 9.13 Å². The first kappa shape index (κ1) is 16.4. The summed E-state index contributed by atoms with van der Waals surface area (Å²) in [4.78, 5) is 18.8. The van der Waals surface area contributed by atoms with E-state index >= 15 is 0 Å². The Morgan fingerprint density at radius 3 is 2.12 bits per heavy atom. The molecule has 3 unspecified atom stereocenters. The maximum atomic E-state index is 11.8. The Labute approximate surface area is 98.4 Å². The smallest absolute Gasteiger partial charge is 0.210 e. The number of hydrogen-bond donors (Lipinski definition) is 2. The van der Waals surface area contributed by atoms with Gasteiger partial charge in [0.15, 0.2) is 0 Å². The highest BCUT2D eigenvalue weighted by Gasteiger charge is 2.29. The zero-order chi connectivity index (χ0) is 12.8. The van der Waals surface area contributed by atoms with E-state index in [1.165, 1.54) is 0 Å². The van der Waals surface area contributed by atoms with Crippen LogP contribution in [0.15, 0.2) is 0 Å². The monoisotopic (exact) mass is 270 g/mol. The van der Waals surface area contributed by atoms with Crippen molar-refractivity contribution in [2.75, 3.05) is 18.7 Å². The van der Waals surface area contributed by atoms with Gasteiger partial charge in [-0.2, -0.15) is 0 Å². The highest BCUT2D eigenvalue weighted by Crippen LogP contribution is 2.56. The van der Waals surface area contributed by atoms with Crippen molar-refractivity contribution in [2.24, 2.45) is 5.92 Å². The third kappa shape index (κ3) is 8.52. The van der Waals surface area contributed by atoms with Gasteiger partial charge in [-0.1, -0.05) is 33.1 Å². The van der Waals surface area contributed by atoms with E-state index < -0.39 is 20.6 Å². The lowest BCUT2D eigenvalue weighted by Gasteiger charge is -2.19. The summed E-state index contributed by atoms with van der Waals surface area (Å²) in [6, 6.07) is 0. The van der Waals surface area contributed by atoms with Crippen molar-refractivity contribution in [2.45, 2.75) is 39.5 Å². The largest absolute Gasteiger partial charge is 0.344 e. The third-order valence-corrected chi connectivity index (χ3v) is 7.52. The van der Waals surface area contributed by atoms with Gasteiger partial charge in [0.1, 0.15) is 5.90 Å². The van der Waals surface area contributed by atoms with E-state index in [0.717, 1.165) is 32.3 Å². The number of unbranched alkanes of at least 4 members (excludes halogenated alkanes) is 1. The maximum Gasteiger partial charge on any atom is 0.210 e. The fraction of sp³-hybridized carbons (Fsp3) is 1.00. The zero-order valence-corrected chi connectivity index (χ0v) is 12.2. The van der Waals surface area contributed by atoms with E-state index in [1.807, 2.05) is 6.92 Å². The maximum absolute atomic E-state index is 11.8. The zero-order valence-electron chi connectivity index (χ0n) is 10.4. The quantitative estimate of drug-likeness (QED) is 0.663. The van der Waals surface area contributed by atoms with Crippen LogP contribution in [-0.4, -0.2) is 28.5 Å². The summed E-state index contributed by atoms with van der Waals surface area (Å²) in [6.45, 7) is 5.22. The molecule has 0 aliphatic carbocycles. The molecule has 0 radical (unpaired) electrons. The van der Waals surface area contributed by atoms with Crippen LogP contribution in [0.1, 0.15) is 39.5 Å². The molecule has 0 spiro atoms. The van der Waals surface area contributed by atoms with Gasteiger partial charge in [0.05, 0.1) is 0 Å². The molecule has 0 fully saturated rings. The first-order valence-electron chi connectivity index (χ1n) is 5.80. The van der Waals surface area contributed by atoms with Crippen molar-refractivity contribution in [3.63, 3.8) is 0 Å². The molecule has 0 aliphatic rings. The minimum Gasteiger partial charge on any atom is -0.344 e. The van der Waals surface area contributed by atoms with Gasteiger partial charge in [0.25, 0.3) is 0 Å². The molecule has 0 saturated heterocycles. The molecule has 0 amide bonds. The van der Waals surface area contributed by atoms with Crippen LogP contribution in [0, 0.1) is 5.92 Å². The van der Waals surface area contributed by atoms with Gasteiger partial charge in [-0.05, 0) is 12.3 Å². The van der Waals surface area contributed by atoms with Crippen LogP contribution in [0.5, 0.6) is 0 Å². The van der Waals surface area contributed by atoms with Crippen LogP contribution in [0.2, 0.25) is 0 Å². The molecule has 3 atom stereocenters. The highest BCUT2D eigenvalue weighted by atomic mass is 31.2.